The van der Waals surface area contributed by atoms with Crippen molar-refractivity contribution in [1.82, 2.24) is 5.32 Å². The van der Waals surface area contributed by atoms with Gasteiger partial charge in [-0.1, -0.05) is 23.7 Å². The number of hydrogen-bond donors (Lipinski definition) is 2. The third-order valence-corrected chi connectivity index (χ3v) is 3.44. The van der Waals surface area contributed by atoms with Crippen LogP contribution in [-0.4, -0.2) is 32.1 Å². The molecular formula is C14H22Cl2N2O. The molecule has 0 aliphatic rings. The Kier molecular flexibility index (Phi) is 9.66. The lowest BCUT2D eigenvalue weighted by Gasteiger charge is -2.15. The van der Waals surface area contributed by atoms with Gasteiger partial charge < -0.3 is 22.6 Å². The standard InChI is InChI=1S/C14H21ClN2O.ClH/c1-3-17(4-2)11-7-10-16-14(18)12-8-5-6-9-13(12)15;/h5-6,8-9H,3-4,7,10-11H2,1-2H3,(H,16,18);1H. The first-order chi connectivity index (χ1) is 8.69. The largest absolute Gasteiger partial charge is 1.00 e. The third kappa shape index (κ3) is 6.28. The van der Waals surface area contributed by atoms with Gasteiger partial charge in [0.05, 0.1) is 30.2 Å². The van der Waals surface area contributed by atoms with E-state index < -0.39 is 0 Å². The molecule has 108 valence electrons. The minimum absolute atomic E-state index is 0. The number of carbonyl (C=O) groups is 1. The number of hydrogen-bond acceptors (Lipinski definition) is 1. The molecule has 1 amide bonds. The molecule has 19 heavy (non-hydrogen) atoms. The summed E-state index contributed by atoms with van der Waals surface area (Å²) in [4.78, 5) is 13.4. The van der Waals surface area contributed by atoms with E-state index in [1.807, 2.05) is 12.1 Å². The SMILES string of the molecule is CC[NH+](CC)CCCNC(=O)c1ccccc1Cl.[Cl-]. The van der Waals surface area contributed by atoms with E-state index in [0.717, 1.165) is 26.1 Å². The van der Waals surface area contributed by atoms with Crippen molar-refractivity contribution in [2.75, 3.05) is 26.2 Å². The predicted octanol–water partition coefficient (Wildman–Crippen LogP) is -1.61. The Morgan fingerprint density at radius 3 is 2.47 bits per heavy atom. The number of nitrogens with one attached hydrogen (secondary N) is 2. The van der Waals surface area contributed by atoms with Crippen molar-refractivity contribution in [3.63, 3.8) is 0 Å². The van der Waals surface area contributed by atoms with Gasteiger partial charge in [-0.15, -0.1) is 0 Å². The maximum Gasteiger partial charge on any atom is 0.252 e. The molecule has 0 spiro atoms. The van der Waals surface area contributed by atoms with Crippen molar-refractivity contribution in [2.45, 2.75) is 20.3 Å². The molecule has 1 aromatic rings. The van der Waals surface area contributed by atoms with E-state index in [9.17, 15) is 4.79 Å². The van der Waals surface area contributed by atoms with Gasteiger partial charge in [-0.05, 0) is 26.0 Å². The Morgan fingerprint density at radius 1 is 1.26 bits per heavy atom. The van der Waals surface area contributed by atoms with E-state index in [2.05, 4.69) is 19.2 Å². The van der Waals surface area contributed by atoms with E-state index >= 15 is 0 Å². The van der Waals surface area contributed by atoms with Crippen molar-refractivity contribution >= 4 is 17.5 Å². The highest BCUT2D eigenvalue weighted by molar-refractivity contribution is 6.33. The molecule has 0 fully saturated rings. The fraction of sp³-hybridized carbons (Fsp3) is 0.500. The average Bonchev–Trinajstić information content (AvgIpc) is 2.39. The van der Waals surface area contributed by atoms with Crippen LogP contribution in [0.3, 0.4) is 0 Å². The van der Waals surface area contributed by atoms with Crippen LogP contribution in [0.4, 0.5) is 0 Å². The molecule has 0 heterocycles. The number of rotatable bonds is 7. The molecule has 0 aromatic heterocycles. The van der Waals surface area contributed by atoms with Gasteiger partial charge in [0.25, 0.3) is 5.91 Å². The monoisotopic (exact) mass is 304 g/mol. The summed E-state index contributed by atoms with van der Waals surface area (Å²) in [6.45, 7) is 8.43. The van der Waals surface area contributed by atoms with Crippen LogP contribution in [0.1, 0.15) is 30.6 Å². The number of benzene rings is 1. The zero-order chi connectivity index (χ0) is 13.4. The minimum Gasteiger partial charge on any atom is -1.00 e. The second-order valence-electron chi connectivity index (χ2n) is 4.30. The van der Waals surface area contributed by atoms with E-state index in [0.29, 0.717) is 17.1 Å². The first-order valence-electron chi connectivity index (χ1n) is 6.55. The molecular weight excluding hydrogens is 283 g/mol. The number of carbonyl (C=O) groups excluding carboxylic acids is 1. The summed E-state index contributed by atoms with van der Waals surface area (Å²) >= 11 is 5.96. The van der Waals surface area contributed by atoms with Gasteiger partial charge in [0, 0.05) is 13.0 Å². The number of quaternary nitrogens is 1. The third-order valence-electron chi connectivity index (χ3n) is 3.11. The van der Waals surface area contributed by atoms with Crippen LogP contribution in [0.2, 0.25) is 5.02 Å². The van der Waals surface area contributed by atoms with Gasteiger partial charge in [-0.2, -0.15) is 0 Å². The Morgan fingerprint density at radius 2 is 1.89 bits per heavy atom. The highest BCUT2D eigenvalue weighted by Crippen LogP contribution is 2.14. The van der Waals surface area contributed by atoms with E-state index in [-0.39, 0.29) is 18.3 Å². The van der Waals surface area contributed by atoms with Gasteiger partial charge in [0.15, 0.2) is 0 Å². The smallest absolute Gasteiger partial charge is 0.252 e. The quantitative estimate of drug-likeness (QED) is 0.584. The summed E-state index contributed by atoms with van der Waals surface area (Å²) in [7, 11) is 0. The molecule has 1 rings (SSSR count). The average molecular weight is 305 g/mol. The second kappa shape index (κ2) is 10.1. The molecule has 1 aromatic carbocycles. The Labute approximate surface area is 126 Å². The molecule has 2 N–H and O–H groups in total. The Balaban J connectivity index is 0.00000324. The van der Waals surface area contributed by atoms with Crippen LogP contribution in [0, 0.1) is 0 Å². The summed E-state index contributed by atoms with van der Waals surface area (Å²) in [5, 5.41) is 3.41. The van der Waals surface area contributed by atoms with E-state index in [1.165, 1.54) is 0 Å². The lowest BCUT2D eigenvalue weighted by Crippen LogP contribution is -3.11. The molecule has 0 saturated carbocycles. The summed E-state index contributed by atoms with van der Waals surface area (Å²) in [5.74, 6) is -0.0878. The lowest BCUT2D eigenvalue weighted by atomic mass is 10.2. The van der Waals surface area contributed by atoms with Crippen molar-refractivity contribution in [1.29, 1.82) is 0 Å². The summed E-state index contributed by atoms with van der Waals surface area (Å²) in [6, 6.07) is 7.12. The van der Waals surface area contributed by atoms with Crippen LogP contribution in [0.5, 0.6) is 0 Å². The molecule has 5 heteroatoms. The van der Waals surface area contributed by atoms with Crippen LogP contribution in [0.25, 0.3) is 0 Å². The highest BCUT2D eigenvalue weighted by Gasteiger charge is 2.09. The minimum atomic E-state index is -0.0878. The molecule has 0 aliphatic carbocycles. The van der Waals surface area contributed by atoms with E-state index in [4.69, 9.17) is 11.6 Å². The van der Waals surface area contributed by atoms with Gasteiger partial charge >= 0.3 is 0 Å². The Bertz CT molecular complexity index is 381. The number of amides is 1. The summed E-state index contributed by atoms with van der Waals surface area (Å²) in [5.41, 5.74) is 0.550. The lowest BCUT2D eigenvalue weighted by molar-refractivity contribution is -0.896. The predicted molar refractivity (Wildman–Crippen MR) is 75.3 cm³/mol. The van der Waals surface area contributed by atoms with Gasteiger partial charge in [0.2, 0.25) is 0 Å². The number of halogens is 2. The second-order valence-corrected chi connectivity index (χ2v) is 4.70. The summed E-state index contributed by atoms with van der Waals surface area (Å²) < 4.78 is 0. The van der Waals surface area contributed by atoms with Crippen molar-refractivity contribution in [2.24, 2.45) is 0 Å². The van der Waals surface area contributed by atoms with Crippen molar-refractivity contribution in [3.05, 3.63) is 34.9 Å². The molecule has 0 bridgehead atoms. The fourth-order valence-corrected chi connectivity index (χ4v) is 2.11. The highest BCUT2D eigenvalue weighted by atomic mass is 35.5. The van der Waals surface area contributed by atoms with Gasteiger partial charge in [-0.25, -0.2) is 0 Å². The van der Waals surface area contributed by atoms with Crippen molar-refractivity contribution < 1.29 is 22.1 Å². The van der Waals surface area contributed by atoms with Gasteiger partial charge in [-0.3, -0.25) is 4.79 Å². The summed E-state index contributed by atoms with van der Waals surface area (Å²) in [6.07, 6.45) is 0.993. The molecule has 0 unspecified atom stereocenters. The molecule has 0 radical (unpaired) electrons. The zero-order valence-corrected chi connectivity index (χ0v) is 13.0. The van der Waals surface area contributed by atoms with Gasteiger partial charge in [0.1, 0.15) is 0 Å². The first kappa shape index (κ1) is 18.2. The topological polar surface area (TPSA) is 33.5 Å². The molecule has 0 aliphatic heterocycles. The first-order valence-corrected chi connectivity index (χ1v) is 6.93. The molecule has 3 nitrogen and oxygen atoms in total. The van der Waals surface area contributed by atoms with Crippen LogP contribution >= 0.6 is 11.6 Å². The zero-order valence-electron chi connectivity index (χ0n) is 11.5. The van der Waals surface area contributed by atoms with Crippen molar-refractivity contribution in [3.8, 4) is 0 Å². The molecule has 0 saturated heterocycles. The molecule has 0 atom stereocenters. The van der Waals surface area contributed by atoms with Crippen LogP contribution in [0.15, 0.2) is 24.3 Å². The van der Waals surface area contributed by atoms with Crippen LogP contribution in [-0.2, 0) is 0 Å². The maximum atomic E-state index is 11.8. The Hall–Kier alpha value is -0.770. The fourth-order valence-electron chi connectivity index (χ4n) is 1.88. The van der Waals surface area contributed by atoms with E-state index in [1.54, 1.807) is 17.0 Å². The maximum absolute atomic E-state index is 11.8. The van der Waals surface area contributed by atoms with Crippen LogP contribution < -0.4 is 22.6 Å². The normalized spacial score (nSPS) is 10.1.